The average Bonchev–Trinajstić information content (AvgIpc) is 2.51. The molecule has 0 aliphatic heterocycles. The van der Waals surface area contributed by atoms with Crippen LogP contribution in [0.25, 0.3) is 6.08 Å². The molecule has 2 rings (SSSR count). The minimum absolute atomic E-state index is 0.170. The molecule has 0 fully saturated rings. The topological polar surface area (TPSA) is 41.1 Å². The normalized spacial score (nSPS) is 10.6. The Morgan fingerprint density at radius 1 is 1.22 bits per heavy atom. The Hall–Kier alpha value is -2.24. The highest BCUT2D eigenvalue weighted by molar-refractivity contribution is 7.80. The van der Waals surface area contributed by atoms with E-state index < -0.39 is 0 Å². The zero-order valence-electron chi connectivity index (χ0n) is 12.3. The summed E-state index contributed by atoms with van der Waals surface area (Å²) in [6, 6.07) is 11.2. The molecule has 0 unspecified atom stereocenters. The van der Waals surface area contributed by atoms with E-state index in [1.165, 1.54) is 18.2 Å². The van der Waals surface area contributed by atoms with Crippen LogP contribution in [0.15, 0.2) is 48.5 Å². The van der Waals surface area contributed by atoms with Crippen molar-refractivity contribution in [3.05, 3.63) is 70.5 Å². The molecule has 118 valence electrons. The predicted octanol–water partition coefficient (Wildman–Crippen LogP) is 4.31. The molecule has 0 radical (unpaired) electrons. The van der Waals surface area contributed by atoms with Crippen molar-refractivity contribution in [3.8, 4) is 0 Å². The van der Waals surface area contributed by atoms with Crippen LogP contribution in [-0.2, 0) is 4.79 Å². The van der Waals surface area contributed by atoms with Gasteiger partial charge in [-0.1, -0.05) is 29.8 Å². The first-order valence-corrected chi connectivity index (χ1v) is 7.55. The maximum Gasteiger partial charge on any atom is 0.250 e. The molecule has 23 heavy (non-hydrogen) atoms. The Morgan fingerprint density at radius 3 is 2.61 bits per heavy atom. The summed E-state index contributed by atoms with van der Waals surface area (Å²) in [6.45, 7) is 1.85. The van der Waals surface area contributed by atoms with E-state index in [0.29, 0.717) is 10.6 Å². The first-order valence-electron chi connectivity index (χ1n) is 6.76. The van der Waals surface area contributed by atoms with Gasteiger partial charge in [0.2, 0.25) is 5.91 Å². The van der Waals surface area contributed by atoms with Gasteiger partial charge in [-0.15, -0.1) is 0 Å². The van der Waals surface area contributed by atoms with Gasteiger partial charge in [-0.05, 0) is 60.6 Å². The van der Waals surface area contributed by atoms with Gasteiger partial charge in [0, 0.05) is 16.8 Å². The molecule has 0 spiro atoms. The Labute approximate surface area is 144 Å². The number of hydrogen-bond donors (Lipinski definition) is 2. The predicted molar refractivity (Wildman–Crippen MR) is 96.0 cm³/mol. The molecule has 1 amide bonds. The first kappa shape index (κ1) is 17.1. The Balaban J connectivity index is 1.93. The van der Waals surface area contributed by atoms with Gasteiger partial charge in [0.15, 0.2) is 5.11 Å². The fourth-order valence-electron chi connectivity index (χ4n) is 1.80. The monoisotopic (exact) mass is 348 g/mol. The van der Waals surface area contributed by atoms with E-state index in [1.54, 1.807) is 30.3 Å². The number of anilines is 1. The van der Waals surface area contributed by atoms with Crippen LogP contribution in [0.2, 0.25) is 5.02 Å². The maximum atomic E-state index is 12.8. The number of hydrogen-bond acceptors (Lipinski definition) is 2. The lowest BCUT2D eigenvalue weighted by molar-refractivity contribution is -0.115. The van der Waals surface area contributed by atoms with Gasteiger partial charge in [0.1, 0.15) is 5.82 Å². The molecular formula is C17H14ClFN2OS. The van der Waals surface area contributed by atoms with Crippen LogP contribution in [0.4, 0.5) is 10.1 Å². The van der Waals surface area contributed by atoms with E-state index in [2.05, 4.69) is 10.6 Å². The number of nitrogens with one attached hydrogen (secondary N) is 2. The fraction of sp³-hybridized carbons (Fsp3) is 0.0588. The van der Waals surface area contributed by atoms with Gasteiger partial charge >= 0.3 is 0 Å². The standard InChI is InChI=1S/C17H14ClFN2OS/c1-11-14(18)3-2-4-15(11)20-17(23)21-16(22)10-7-12-5-8-13(19)9-6-12/h2-10H,1H3,(H2,20,21,22,23). The van der Waals surface area contributed by atoms with Crippen molar-refractivity contribution in [1.29, 1.82) is 0 Å². The van der Waals surface area contributed by atoms with Crippen LogP contribution < -0.4 is 10.6 Å². The van der Waals surface area contributed by atoms with Gasteiger partial charge < -0.3 is 5.32 Å². The van der Waals surface area contributed by atoms with E-state index in [1.807, 2.05) is 13.0 Å². The summed E-state index contributed by atoms with van der Waals surface area (Å²) in [5, 5.41) is 6.24. The van der Waals surface area contributed by atoms with E-state index in [-0.39, 0.29) is 16.8 Å². The third-order valence-electron chi connectivity index (χ3n) is 3.05. The van der Waals surface area contributed by atoms with Crippen LogP contribution in [-0.4, -0.2) is 11.0 Å². The summed E-state index contributed by atoms with van der Waals surface area (Å²) in [5.41, 5.74) is 2.28. The summed E-state index contributed by atoms with van der Waals surface area (Å²) in [7, 11) is 0. The molecule has 0 saturated carbocycles. The third kappa shape index (κ3) is 5.16. The number of carbonyl (C=O) groups excluding carboxylic acids is 1. The van der Waals surface area contributed by atoms with Gasteiger partial charge in [0.25, 0.3) is 0 Å². The smallest absolute Gasteiger partial charge is 0.250 e. The van der Waals surface area contributed by atoms with E-state index in [9.17, 15) is 9.18 Å². The highest BCUT2D eigenvalue weighted by Gasteiger charge is 2.05. The van der Waals surface area contributed by atoms with Crippen molar-refractivity contribution in [2.24, 2.45) is 0 Å². The number of carbonyl (C=O) groups is 1. The summed E-state index contributed by atoms with van der Waals surface area (Å²) < 4.78 is 12.8. The molecule has 0 saturated heterocycles. The molecule has 0 aromatic heterocycles. The van der Waals surface area contributed by atoms with Crippen LogP contribution in [0.5, 0.6) is 0 Å². The van der Waals surface area contributed by atoms with Crippen molar-refractivity contribution in [2.75, 3.05) is 5.32 Å². The zero-order chi connectivity index (χ0) is 16.8. The van der Waals surface area contributed by atoms with E-state index in [0.717, 1.165) is 11.3 Å². The van der Waals surface area contributed by atoms with Crippen molar-refractivity contribution in [1.82, 2.24) is 5.32 Å². The molecule has 0 bridgehead atoms. The maximum absolute atomic E-state index is 12.8. The molecule has 6 heteroatoms. The minimum atomic E-state index is -0.383. The second-order valence-corrected chi connectivity index (χ2v) is 5.56. The molecule has 0 aliphatic rings. The highest BCUT2D eigenvalue weighted by atomic mass is 35.5. The van der Waals surface area contributed by atoms with Gasteiger partial charge in [0.05, 0.1) is 0 Å². The molecule has 0 atom stereocenters. The van der Waals surface area contributed by atoms with Crippen LogP contribution >= 0.6 is 23.8 Å². The molecule has 2 aromatic rings. The fourth-order valence-corrected chi connectivity index (χ4v) is 2.18. The number of amides is 1. The van der Waals surface area contributed by atoms with Crippen molar-refractivity contribution in [2.45, 2.75) is 6.92 Å². The molecule has 2 aromatic carbocycles. The third-order valence-corrected chi connectivity index (χ3v) is 3.66. The van der Waals surface area contributed by atoms with Gasteiger partial charge in [-0.2, -0.15) is 0 Å². The Bertz CT molecular complexity index is 760. The van der Waals surface area contributed by atoms with Gasteiger partial charge in [-0.25, -0.2) is 4.39 Å². The molecular weight excluding hydrogens is 335 g/mol. The van der Waals surface area contributed by atoms with Crippen molar-refractivity contribution >= 4 is 46.6 Å². The number of benzene rings is 2. The first-order chi connectivity index (χ1) is 11.0. The van der Waals surface area contributed by atoms with E-state index in [4.69, 9.17) is 23.8 Å². The Morgan fingerprint density at radius 2 is 1.91 bits per heavy atom. The largest absolute Gasteiger partial charge is 0.332 e. The summed E-state index contributed by atoms with van der Waals surface area (Å²) in [6.07, 6.45) is 2.90. The Kier molecular flexibility index (Phi) is 5.84. The highest BCUT2D eigenvalue weighted by Crippen LogP contribution is 2.22. The second-order valence-electron chi connectivity index (χ2n) is 4.74. The lowest BCUT2D eigenvalue weighted by Gasteiger charge is -2.11. The summed E-state index contributed by atoms with van der Waals surface area (Å²) in [5.74, 6) is -0.708. The molecule has 2 N–H and O–H groups in total. The minimum Gasteiger partial charge on any atom is -0.332 e. The molecule has 0 aliphatic carbocycles. The quantitative estimate of drug-likeness (QED) is 0.641. The van der Waals surface area contributed by atoms with Crippen LogP contribution in [0.1, 0.15) is 11.1 Å². The van der Waals surface area contributed by atoms with E-state index >= 15 is 0 Å². The van der Waals surface area contributed by atoms with Crippen LogP contribution in [0.3, 0.4) is 0 Å². The van der Waals surface area contributed by atoms with Crippen molar-refractivity contribution in [3.63, 3.8) is 0 Å². The number of thiocarbonyl (C=S) groups is 1. The van der Waals surface area contributed by atoms with Crippen molar-refractivity contribution < 1.29 is 9.18 Å². The SMILES string of the molecule is Cc1c(Cl)cccc1NC(=S)NC(=O)C=Cc1ccc(F)cc1. The zero-order valence-corrected chi connectivity index (χ0v) is 13.8. The summed E-state index contributed by atoms with van der Waals surface area (Å²) >= 11 is 11.1. The summed E-state index contributed by atoms with van der Waals surface area (Å²) in [4.78, 5) is 11.8. The average molecular weight is 349 g/mol. The van der Waals surface area contributed by atoms with Crippen LogP contribution in [0, 0.1) is 12.7 Å². The molecule has 0 heterocycles. The number of halogens is 2. The van der Waals surface area contributed by atoms with Gasteiger partial charge in [-0.3, -0.25) is 10.1 Å². The number of rotatable bonds is 3. The molecule has 3 nitrogen and oxygen atoms in total. The second kappa shape index (κ2) is 7.85. The lowest BCUT2D eigenvalue weighted by Crippen LogP contribution is -2.33. The lowest BCUT2D eigenvalue weighted by atomic mass is 10.2.